The van der Waals surface area contributed by atoms with Gasteiger partial charge in [0.15, 0.2) is 0 Å². The maximum atomic E-state index is 11.6. The quantitative estimate of drug-likeness (QED) is 0.662. The van der Waals surface area contributed by atoms with Gasteiger partial charge >= 0.3 is 0 Å². The van der Waals surface area contributed by atoms with Gasteiger partial charge in [0.25, 0.3) is 5.91 Å². The fourth-order valence-corrected chi connectivity index (χ4v) is 1.40. The lowest BCUT2D eigenvalue weighted by Gasteiger charge is -2.01. The monoisotopic (exact) mass is 240 g/mol. The van der Waals surface area contributed by atoms with Crippen molar-refractivity contribution in [3.8, 4) is 0 Å². The van der Waals surface area contributed by atoms with Crippen molar-refractivity contribution in [2.24, 2.45) is 0 Å². The van der Waals surface area contributed by atoms with Gasteiger partial charge in [-0.1, -0.05) is 6.92 Å². The molecule has 0 atom stereocenters. The molecular formula is C11H20N4O2. The number of unbranched alkanes of at least 4 members (excludes halogenated alkanes) is 1. The van der Waals surface area contributed by atoms with Gasteiger partial charge in [-0.25, -0.2) is 4.98 Å². The minimum Gasteiger partial charge on any atom is -0.385 e. The van der Waals surface area contributed by atoms with E-state index in [1.54, 1.807) is 7.11 Å². The second kappa shape index (κ2) is 7.78. The molecule has 1 aromatic rings. The highest BCUT2D eigenvalue weighted by atomic mass is 16.5. The van der Waals surface area contributed by atoms with Gasteiger partial charge in [0.1, 0.15) is 5.82 Å². The zero-order valence-corrected chi connectivity index (χ0v) is 10.5. The normalized spacial score (nSPS) is 10.5. The molecule has 0 aliphatic carbocycles. The zero-order valence-electron chi connectivity index (χ0n) is 10.5. The van der Waals surface area contributed by atoms with Crippen molar-refractivity contribution >= 4 is 5.91 Å². The Hall–Kier alpha value is -1.43. The Morgan fingerprint density at radius 1 is 1.47 bits per heavy atom. The number of methoxy groups -OCH3 is 1. The predicted molar refractivity (Wildman–Crippen MR) is 63.8 cm³/mol. The Labute approximate surface area is 101 Å². The molecule has 2 N–H and O–H groups in total. The van der Waals surface area contributed by atoms with Crippen LogP contribution < -0.4 is 5.32 Å². The summed E-state index contributed by atoms with van der Waals surface area (Å²) in [6, 6.07) is 0. The maximum absolute atomic E-state index is 11.6. The molecule has 1 amide bonds. The highest BCUT2D eigenvalue weighted by molar-refractivity contribution is 5.90. The molecule has 0 aromatic carbocycles. The van der Waals surface area contributed by atoms with E-state index in [-0.39, 0.29) is 11.7 Å². The summed E-state index contributed by atoms with van der Waals surface area (Å²) < 4.78 is 4.92. The molecule has 0 fully saturated rings. The fraction of sp³-hybridized carbons (Fsp3) is 0.727. The van der Waals surface area contributed by atoms with Crippen LogP contribution in [-0.4, -0.2) is 41.3 Å². The van der Waals surface area contributed by atoms with Gasteiger partial charge < -0.3 is 10.1 Å². The lowest BCUT2D eigenvalue weighted by Crippen LogP contribution is -2.25. The first-order valence-corrected chi connectivity index (χ1v) is 5.96. The van der Waals surface area contributed by atoms with Crippen LogP contribution in [0, 0.1) is 0 Å². The van der Waals surface area contributed by atoms with Crippen LogP contribution in [0.1, 0.15) is 42.6 Å². The second-order valence-corrected chi connectivity index (χ2v) is 3.81. The van der Waals surface area contributed by atoms with E-state index in [1.165, 1.54) is 0 Å². The van der Waals surface area contributed by atoms with E-state index >= 15 is 0 Å². The molecule has 1 rings (SSSR count). The number of hydrogen-bond donors (Lipinski definition) is 2. The Bertz CT molecular complexity index is 338. The van der Waals surface area contributed by atoms with E-state index in [0.717, 1.165) is 38.1 Å². The summed E-state index contributed by atoms with van der Waals surface area (Å²) in [5.41, 5.74) is 0. The van der Waals surface area contributed by atoms with Crippen LogP contribution in [0.4, 0.5) is 0 Å². The van der Waals surface area contributed by atoms with Crippen LogP contribution in [0.3, 0.4) is 0 Å². The van der Waals surface area contributed by atoms with E-state index in [0.29, 0.717) is 6.54 Å². The number of aromatic nitrogens is 3. The molecule has 0 aliphatic heterocycles. The van der Waals surface area contributed by atoms with Crippen LogP contribution in [0.2, 0.25) is 0 Å². The number of aromatic amines is 1. The fourth-order valence-electron chi connectivity index (χ4n) is 1.40. The summed E-state index contributed by atoms with van der Waals surface area (Å²) in [5.74, 6) is 0.762. The van der Waals surface area contributed by atoms with Crippen LogP contribution in [-0.2, 0) is 11.2 Å². The minimum absolute atomic E-state index is 0.221. The number of hydrogen-bond acceptors (Lipinski definition) is 4. The largest absolute Gasteiger partial charge is 0.385 e. The molecule has 17 heavy (non-hydrogen) atoms. The molecule has 1 aromatic heterocycles. The van der Waals surface area contributed by atoms with Crippen molar-refractivity contribution in [3.63, 3.8) is 0 Å². The van der Waals surface area contributed by atoms with Gasteiger partial charge in [-0.2, -0.15) is 0 Å². The van der Waals surface area contributed by atoms with Crippen LogP contribution in [0.25, 0.3) is 0 Å². The van der Waals surface area contributed by atoms with Crippen molar-refractivity contribution in [1.29, 1.82) is 0 Å². The van der Waals surface area contributed by atoms with Gasteiger partial charge in [0.2, 0.25) is 5.82 Å². The molecule has 0 saturated heterocycles. The standard InChI is InChI=1S/C11H20N4O2/c1-3-6-9-13-10(15-14-9)11(16)12-7-4-5-8-17-2/h3-8H2,1-2H3,(H,12,16)(H,13,14,15). The number of aryl methyl sites for hydroxylation is 1. The molecule has 0 radical (unpaired) electrons. The van der Waals surface area contributed by atoms with Gasteiger partial charge in [-0.05, 0) is 19.3 Å². The van der Waals surface area contributed by atoms with Crippen molar-refractivity contribution in [3.05, 3.63) is 11.6 Å². The molecule has 0 saturated carbocycles. The van der Waals surface area contributed by atoms with Crippen molar-refractivity contribution in [2.75, 3.05) is 20.3 Å². The first kappa shape index (κ1) is 13.6. The summed E-state index contributed by atoms with van der Waals surface area (Å²) in [6.45, 7) is 3.40. The molecule has 0 bridgehead atoms. The highest BCUT2D eigenvalue weighted by Crippen LogP contribution is 1.96. The van der Waals surface area contributed by atoms with E-state index in [2.05, 4.69) is 27.4 Å². The molecule has 6 heteroatoms. The summed E-state index contributed by atoms with van der Waals surface area (Å²) in [5, 5.41) is 9.41. The average Bonchev–Trinajstić information content (AvgIpc) is 2.78. The third kappa shape index (κ3) is 4.95. The van der Waals surface area contributed by atoms with Crippen LogP contribution in [0.5, 0.6) is 0 Å². The van der Waals surface area contributed by atoms with Gasteiger partial charge in [0, 0.05) is 26.7 Å². The maximum Gasteiger partial charge on any atom is 0.290 e. The molecule has 96 valence electrons. The number of carbonyl (C=O) groups is 1. The average molecular weight is 240 g/mol. The lowest BCUT2D eigenvalue weighted by atomic mass is 10.3. The first-order chi connectivity index (χ1) is 8.27. The summed E-state index contributed by atoms with van der Waals surface area (Å²) in [7, 11) is 1.67. The Morgan fingerprint density at radius 2 is 2.29 bits per heavy atom. The van der Waals surface area contributed by atoms with E-state index in [1.807, 2.05) is 0 Å². The van der Waals surface area contributed by atoms with E-state index in [9.17, 15) is 4.79 Å². The number of amides is 1. The number of nitrogens with one attached hydrogen (secondary N) is 2. The van der Waals surface area contributed by atoms with E-state index in [4.69, 9.17) is 4.74 Å². The smallest absolute Gasteiger partial charge is 0.290 e. The van der Waals surface area contributed by atoms with Gasteiger partial charge in [0.05, 0.1) is 0 Å². The third-order valence-electron chi connectivity index (χ3n) is 2.28. The summed E-state index contributed by atoms with van der Waals surface area (Å²) >= 11 is 0. The number of ether oxygens (including phenoxy) is 1. The Balaban J connectivity index is 2.26. The third-order valence-corrected chi connectivity index (χ3v) is 2.28. The van der Waals surface area contributed by atoms with Gasteiger partial charge in [-0.15, -0.1) is 5.10 Å². The van der Waals surface area contributed by atoms with Gasteiger partial charge in [-0.3, -0.25) is 9.89 Å². The summed E-state index contributed by atoms with van der Waals surface area (Å²) in [4.78, 5) is 15.7. The molecule has 0 aliphatic rings. The predicted octanol–water partition coefficient (Wildman–Crippen LogP) is 0.914. The van der Waals surface area contributed by atoms with Crippen molar-refractivity contribution in [1.82, 2.24) is 20.5 Å². The number of nitrogens with zero attached hydrogens (tertiary/aromatic N) is 2. The topological polar surface area (TPSA) is 79.9 Å². The van der Waals surface area contributed by atoms with Crippen LogP contribution >= 0.6 is 0 Å². The Morgan fingerprint density at radius 3 is 3.00 bits per heavy atom. The molecular weight excluding hydrogens is 220 g/mol. The van der Waals surface area contributed by atoms with Crippen LogP contribution in [0.15, 0.2) is 0 Å². The number of rotatable bonds is 8. The minimum atomic E-state index is -0.221. The molecule has 0 spiro atoms. The van der Waals surface area contributed by atoms with Crippen molar-refractivity contribution < 1.29 is 9.53 Å². The number of H-pyrrole nitrogens is 1. The Kier molecular flexibility index (Phi) is 6.24. The first-order valence-electron chi connectivity index (χ1n) is 5.96. The number of carbonyl (C=O) groups excluding carboxylic acids is 1. The highest BCUT2D eigenvalue weighted by Gasteiger charge is 2.10. The molecule has 6 nitrogen and oxygen atoms in total. The lowest BCUT2D eigenvalue weighted by molar-refractivity contribution is 0.0941. The van der Waals surface area contributed by atoms with Crippen molar-refractivity contribution in [2.45, 2.75) is 32.6 Å². The van der Waals surface area contributed by atoms with E-state index < -0.39 is 0 Å². The molecule has 1 heterocycles. The SMILES string of the molecule is CCCc1nc(C(=O)NCCCCOC)n[nH]1. The molecule has 0 unspecified atom stereocenters. The second-order valence-electron chi connectivity index (χ2n) is 3.81. The zero-order chi connectivity index (χ0) is 12.5. The summed E-state index contributed by atoms with van der Waals surface area (Å²) in [6.07, 6.45) is 3.62.